The molecule has 90 valence electrons. The summed E-state index contributed by atoms with van der Waals surface area (Å²) in [5.74, 6) is 0.216. The molecule has 0 aliphatic carbocycles. The first-order chi connectivity index (χ1) is 7.10. The second-order valence-electron chi connectivity index (χ2n) is 4.05. The Balaban J connectivity index is 2.49. The molecule has 0 aromatic rings. The summed E-state index contributed by atoms with van der Waals surface area (Å²) in [5.41, 5.74) is 0. The zero-order valence-corrected chi connectivity index (χ0v) is 10.5. The number of piperidine rings is 1. The van der Waals surface area contributed by atoms with Crippen LogP contribution in [0.25, 0.3) is 0 Å². The van der Waals surface area contributed by atoms with Crippen LogP contribution in [0.4, 0.5) is 0 Å². The molecule has 0 aromatic heterocycles. The van der Waals surface area contributed by atoms with Crippen LogP contribution in [0.1, 0.15) is 33.1 Å². The third-order valence-corrected chi connectivity index (χ3v) is 4.67. The van der Waals surface area contributed by atoms with Gasteiger partial charge in [0.05, 0.1) is 5.75 Å². The van der Waals surface area contributed by atoms with E-state index in [1.165, 1.54) is 0 Å². The molecule has 1 N–H and O–H groups in total. The molecule has 1 rings (SSSR count). The first kappa shape index (κ1) is 12.9. The van der Waals surface area contributed by atoms with Gasteiger partial charge in [-0.15, -0.1) is 0 Å². The molecule has 0 saturated carbocycles. The third kappa shape index (κ3) is 3.74. The van der Waals surface area contributed by atoms with Crippen molar-refractivity contribution in [1.29, 1.82) is 0 Å². The molecule has 1 fully saturated rings. The van der Waals surface area contributed by atoms with Gasteiger partial charge in [0.1, 0.15) is 0 Å². The molecule has 15 heavy (non-hydrogen) atoms. The van der Waals surface area contributed by atoms with E-state index < -0.39 is 10.0 Å². The lowest BCUT2D eigenvalue weighted by Crippen LogP contribution is -2.48. The van der Waals surface area contributed by atoms with Gasteiger partial charge in [0, 0.05) is 19.1 Å². The summed E-state index contributed by atoms with van der Waals surface area (Å²) in [6.07, 6.45) is 3.16. The lowest BCUT2D eigenvalue weighted by molar-refractivity contribution is 0.284. The number of nitrogens with zero attached hydrogens (tertiary/aromatic N) is 1. The number of hydrogen-bond acceptors (Lipinski definition) is 3. The molecular formula is C10H22N2O2S. The summed E-state index contributed by atoms with van der Waals surface area (Å²) in [5, 5.41) is 3.39. The SMILES string of the molecule is CCCNC1CCCN(S(=O)(=O)CC)C1. The van der Waals surface area contributed by atoms with Crippen LogP contribution in [0.2, 0.25) is 0 Å². The maximum Gasteiger partial charge on any atom is 0.213 e. The fourth-order valence-electron chi connectivity index (χ4n) is 1.89. The quantitative estimate of drug-likeness (QED) is 0.765. The summed E-state index contributed by atoms with van der Waals surface area (Å²) in [6.45, 7) is 6.15. The first-order valence-electron chi connectivity index (χ1n) is 5.81. The van der Waals surface area contributed by atoms with Crippen molar-refractivity contribution in [3.8, 4) is 0 Å². The molecule has 5 heteroatoms. The van der Waals surface area contributed by atoms with E-state index >= 15 is 0 Å². The molecule has 0 amide bonds. The smallest absolute Gasteiger partial charge is 0.213 e. The van der Waals surface area contributed by atoms with E-state index in [0.29, 0.717) is 19.1 Å². The zero-order valence-electron chi connectivity index (χ0n) is 9.70. The molecule has 1 heterocycles. The second kappa shape index (κ2) is 5.82. The van der Waals surface area contributed by atoms with Gasteiger partial charge in [-0.2, -0.15) is 0 Å². The number of rotatable bonds is 5. The Labute approximate surface area is 93.1 Å². The van der Waals surface area contributed by atoms with E-state index in [9.17, 15) is 8.42 Å². The summed E-state index contributed by atoms with van der Waals surface area (Å²) >= 11 is 0. The molecule has 0 bridgehead atoms. The summed E-state index contributed by atoms with van der Waals surface area (Å²) in [6, 6.07) is 0.347. The standard InChI is InChI=1S/C10H22N2O2S/c1-3-7-11-10-6-5-8-12(9-10)15(13,14)4-2/h10-11H,3-9H2,1-2H3. The predicted octanol–water partition coefficient (Wildman–Crippen LogP) is 0.800. The van der Waals surface area contributed by atoms with E-state index in [1.54, 1.807) is 11.2 Å². The van der Waals surface area contributed by atoms with Crippen molar-refractivity contribution in [2.45, 2.75) is 39.2 Å². The van der Waals surface area contributed by atoms with Gasteiger partial charge in [-0.05, 0) is 32.7 Å². The largest absolute Gasteiger partial charge is 0.313 e. The number of sulfonamides is 1. The lowest BCUT2D eigenvalue weighted by atomic mass is 10.1. The van der Waals surface area contributed by atoms with Crippen LogP contribution in [0, 0.1) is 0 Å². The monoisotopic (exact) mass is 234 g/mol. The predicted molar refractivity (Wildman–Crippen MR) is 62.3 cm³/mol. The van der Waals surface area contributed by atoms with Gasteiger partial charge in [0.25, 0.3) is 0 Å². The van der Waals surface area contributed by atoms with Crippen molar-refractivity contribution in [2.24, 2.45) is 0 Å². The zero-order chi connectivity index (χ0) is 11.3. The van der Waals surface area contributed by atoms with Gasteiger partial charge in [0.2, 0.25) is 10.0 Å². The third-order valence-electron chi connectivity index (χ3n) is 2.83. The normalized spacial score (nSPS) is 24.3. The van der Waals surface area contributed by atoms with E-state index in [0.717, 1.165) is 25.8 Å². The van der Waals surface area contributed by atoms with Gasteiger partial charge >= 0.3 is 0 Å². The van der Waals surface area contributed by atoms with Crippen LogP contribution in [-0.4, -0.2) is 44.2 Å². The molecule has 1 atom stereocenters. The van der Waals surface area contributed by atoms with Gasteiger partial charge < -0.3 is 5.32 Å². The summed E-state index contributed by atoms with van der Waals surface area (Å²) < 4.78 is 25.0. The van der Waals surface area contributed by atoms with E-state index in [-0.39, 0.29) is 5.75 Å². The summed E-state index contributed by atoms with van der Waals surface area (Å²) in [7, 11) is -2.99. The maximum absolute atomic E-state index is 11.7. The Bertz CT molecular complexity index is 277. The molecule has 0 spiro atoms. The molecule has 1 aliphatic heterocycles. The minimum Gasteiger partial charge on any atom is -0.313 e. The van der Waals surface area contributed by atoms with Crippen LogP contribution < -0.4 is 5.32 Å². The van der Waals surface area contributed by atoms with Gasteiger partial charge in [0.15, 0.2) is 0 Å². The molecule has 4 nitrogen and oxygen atoms in total. The Morgan fingerprint density at radius 1 is 1.40 bits per heavy atom. The number of nitrogens with one attached hydrogen (secondary N) is 1. The van der Waals surface area contributed by atoms with Gasteiger partial charge in [-0.1, -0.05) is 6.92 Å². The van der Waals surface area contributed by atoms with Crippen LogP contribution in [0.3, 0.4) is 0 Å². The molecule has 0 radical (unpaired) electrons. The maximum atomic E-state index is 11.7. The Morgan fingerprint density at radius 3 is 2.73 bits per heavy atom. The second-order valence-corrected chi connectivity index (χ2v) is 6.31. The highest BCUT2D eigenvalue weighted by Crippen LogP contribution is 2.14. The van der Waals surface area contributed by atoms with Crippen LogP contribution in [-0.2, 0) is 10.0 Å². The highest BCUT2D eigenvalue weighted by atomic mass is 32.2. The van der Waals surface area contributed by atoms with Gasteiger partial charge in [-0.25, -0.2) is 12.7 Å². The Morgan fingerprint density at radius 2 is 2.13 bits per heavy atom. The topological polar surface area (TPSA) is 49.4 Å². The molecule has 1 aliphatic rings. The average Bonchev–Trinajstić information content (AvgIpc) is 2.27. The average molecular weight is 234 g/mol. The Kier molecular flexibility index (Phi) is 5.02. The van der Waals surface area contributed by atoms with Crippen molar-refractivity contribution in [3.63, 3.8) is 0 Å². The minimum atomic E-state index is -2.99. The number of hydrogen-bond donors (Lipinski definition) is 1. The van der Waals surface area contributed by atoms with Crippen molar-refractivity contribution in [1.82, 2.24) is 9.62 Å². The fourth-order valence-corrected chi connectivity index (χ4v) is 3.07. The minimum absolute atomic E-state index is 0.216. The fraction of sp³-hybridized carbons (Fsp3) is 1.00. The molecule has 1 saturated heterocycles. The van der Waals surface area contributed by atoms with Crippen LogP contribution in [0.5, 0.6) is 0 Å². The van der Waals surface area contributed by atoms with Crippen molar-refractivity contribution in [3.05, 3.63) is 0 Å². The summed E-state index contributed by atoms with van der Waals surface area (Å²) in [4.78, 5) is 0. The van der Waals surface area contributed by atoms with E-state index in [4.69, 9.17) is 0 Å². The molecule has 0 aromatic carbocycles. The van der Waals surface area contributed by atoms with Crippen molar-refractivity contribution >= 4 is 10.0 Å². The van der Waals surface area contributed by atoms with Crippen LogP contribution in [0.15, 0.2) is 0 Å². The van der Waals surface area contributed by atoms with E-state index in [1.807, 2.05) is 0 Å². The Hall–Kier alpha value is -0.130. The highest BCUT2D eigenvalue weighted by Gasteiger charge is 2.26. The van der Waals surface area contributed by atoms with Crippen LogP contribution >= 0.6 is 0 Å². The van der Waals surface area contributed by atoms with Gasteiger partial charge in [-0.3, -0.25) is 0 Å². The van der Waals surface area contributed by atoms with Crippen molar-refractivity contribution < 1.29 is 8.42 Å². The lowest BCUT2D eigenvalue weighted by Gasteiger charge is -2.32. The highest BCUT2D eigenvalue weighted by molar-refractivity contribution is 7.89. The molecule has 1 unspecified atom stereocenters. The van der Waals surface area contributed by atoms with E-state index in [2.05, 4.69) is 12.2 Å². The van der Waals surface area contributed by atoms with Crippen molar-refractivity contribution in [2.75, 3.05) is 25.4 Å². The molecular weight excluding hydrogens is 212 g/mol. The first-order valence-corrected chi connectivity index (χ1v) is 7.42.